The number of allylic oxidation sites excluding steroid dienone is 2. The van der Waals surface area contributed by atoms with Crippen molar-refractivity contribution in [2.24, 2.45) is 0 Å². The van der Waals surface area contributed by atoms with Crippen molar-refractivity contribution in [1.29, 1.82) is 0 Å². The van der Waals surface area contributed by atoms with Gasteiger partial charge >= 0.3 is 0 Å². The molecule has 7 aromatic rings. The SMILES string of the molecule is Cc1c(C2=C(c3ccccc3)C(c3ccccc3)=C(c3sc4ccccc4c3C)[Si]2(c2ccccc2)C(C)(C)C)sc2ccccc12. The zero-order valence-corrected chi connectivity index (χ0v) is 30.2. The summed E-state index contributed by atoms with van der Waals surface area (Å²) in [6, 6.07) is 52.1. The van der Waals surface area contributed by atoms with E-state index in [1.54, 1.807) is 10.4 Å². The van der Waals surface area contributed by atoms with E-state index < -0.39 is 8.07 Å². The fraction of sp³-hybridized carbons (Fsp3) is 0.136. The first-order chi connectivity index (χ1) is 22.8. The molecule has 0 amide bonds. The summed E-state index contributed by atoms with van der Waals surface area (Å²) < 4.78 is 2.72. The first kappa shape index (κ1) is 30.1. The van der Waals surface area contributed by atoms with E-state index in [-0.39, 0.29) is 5.04 Å². The number of hydrogen-bond acceptors (Lipinski definition) is 2. The van der Waals surface area contributed by atoms with Crippen LogP contribution in [-0.2, 0) is 0 Å². The van der Waals surface area contributed by atoms with Gasteiger partial charge in [0.25, 0.3) is 0 Å². The predicted octanol–water partition coefficient (Wildman–Crippen LogP) is 12.5. The smallest absolute Gasteiger partial charge is 0.136 e. The minimum absolute atomic E-state index is 0.0686. The molecule has 230 valence electrons. The van der Waals surface area contributed by atoms with E-state index in [2.05, 4.69) is 174 Å². The second kappa shape index (κ2) is 11.5. The molecule has 1 aliphatic rings. The van der Waals surface area contributed by atoms with Crippen LogP contribution in [-0.4, -0.2) is 8.07 Å². The van der Waals surface area contributed by atoms with Crippen LogP contribution in [0.2, 0.25) is 5.04 Å². The molecular weight excluding hydrogens is 621 g/mol. The van der Waals surface area contributed by atoms with Crippen LogP contribution in [0.25, 0.3) is 41.7 Å². The van der Waals surface area contributed by atoms with E-state index in [1.165, 1.54) is 68.5 Å². The van der Waals surface area contributed by atoms with Crippen LogP contribution in [0.15, 0.2) is 140 Å². The summed E-state index contributed by atoms with van der Waals surface area (Å²) >= 11 is 3.98. The fourth-order valence-electron chi connectivity index (χ4n) is 8.09. The van der Waals surface area contributed by atoms with Crippen LogP contribution in [0.4, 0.5) is 0 Å². The Hall–Kier alpha value is -4.28. The van der Waals surface area contributed by atoms with E-state index in [9.17, 15) is 0 Å². The van der Waals surface area contributed by atoms with Crippen molar-refractivity contribution in [1.82, 2.24) is 0 Å². The molecule has 47 heavy (non-hydrogen) atoms. The zero-order valence-electron chi connectivity index (χ0n) is 27.6. The van der Waals surface area contributed by atoms with Gasteiger partial charge in [-0.15, -0.1) is 22.7 Å². The molecule has 0 aliphatic carbocycles. The zero-order chi connectivity index (χ0) is 32.3. The standard InChI is InChI=1S/C44H38S2Si/c1-29-34-25-15-17-27-36(34)45-40(29)42-38(31-19-9-6-10-20-31)39(32-21-11-7-12-22-32)43(41-30(2)35-26-16-18-28-37(35)46-41)47(42,44(3,4)5)33-23-13-8-14-24-33/h6-28H,1-5H3. The summed E-state index contributed by atoms with van der Waals surface area (Å²) in [6.07, 6.45) is 0. The monoisotopic (exact) mass is 658 g/mol. The number of fused-ring (bicyclic) bond motifs is 2. The highest BCUT2D eigenvalue weighted by molar-refractivity contribution is 7.32. The summed E-state index contributed by atoms with van der Waals surface area (Å²) in [7, 11) is -2.85. The van der Waals surface area contributed by atoms with E-state index in [0.29, 0.717) is 0 Å². The van der Waals surface area contributed by atoms with Gasteiger partial charge in [0.15, 0.2) is 8.07 Å². The largest absolute Gasteiger partial charge is 0.158 e. The Kier molecular flexibility index (Phi) is 7.33. The van der Waals surface area contributed by atoms with E-state index in [0.717, 1.165) is 0 Å². The van der Waals surface area contributed by atoms with Crippen molar-refractivity contribution < 1.29 is 0 Å². The molecular formula is C44H38S2Si. The number of hydrogen-bond donors (Lipinski definition) is 0. The molecule has 1 aliphatic heterocycles. The molecule has 0 saturated heterocycles. The van der Waals surface area contributed by atoms with Crippen LogP contribution in [0.3, 0.4) is 0 Å². The third kappa shape index (κ3) is 4.52. The second-order valence-electron chi connectivity index (χ2n) is 13.7. The molecule has 2 aromatic heterocycles. The van der Waals surface area contributed by atoms with Crippen molar-refractivity contribution in [3.63, 3.8) is 0 Å². The summed E-state index contributed by atoms with van der Waals surface area (Å²) in [4.78, 5) is 2.88. The van der Waals surface area contributed by atoms with Crippen LogP contribution >= 0.6 is 22.7 Å². The summed E-state index contributed by atoms with van der Waals surface area (Å²) in [5.41, 5.74) is 8.20. The lowest BCUT2D eigenvalue weighted by molar-refractivity contribution is 0.741. The van der Waals surface area contributed by atoms with Gasteiger partial charge in [0.05, 0.1) is 0 Å². The maximum Gasteiger partial charge on any atom is 0.158 e. The molecule has 3 heterocycles. The van der Waals surface area contributed by atoms with Crippen LogP contribution in [0.5, 0.6) is 0 Å². The van der Waals surface area contributed by atoms with Gasteiger partial charge < -0.3 is 0 Å². The Morgan fingerprint density at radius 3 is 1.19 bits per heavy atom. The maximum absolute atomic E-state index is 2.85. The first-order valence-electron chi connectivity index (χ1n) is 16.5. The topological polar surface area (TPSA) is 0 Å². The second-order valence-corrected chi connectivity index (χ2v) is 20.4. The lowest BCUT2D eigenvalue weighted by Crippen LogP contribution is -2.56. The molecule has 0 N–H and O–H groups in total. The number of benzene rings is 5. The fourth-order valence-corrected chi connectivity index (χ4v) is 17.9. The van der Waals surface area contributed by atoms with E-state index >= 15 is 0 Å². The molecule has 0 atom stereocenters. The average molecular weight is 659 g/mol. The van der Waals surface area contributed by atoms with Crippen molar-refractivity contribution >= 4 is 77.6 Å². The third-order valence-electron chi connectivity index (χ3n) is 10.1. The minimum Gasteiger partial charge on any atom is -0.136 e. The van der Waals surface area contributed by atoms with Gasteiger partial charge in [-0.1, -0.05) is 148 Å². The van der Waals surface area contributed by atoms with Crippen LogP contribution in [0, 0.1) is 13.8 Å². The molecule has 5 aromatic carbocycles. The summed E-state index contributed by atoms with van der Waals surface area (Å²) in [5.74, 6) is 0. The Bertz CT molecular complexity index is 2190. The quantitative estimate of drug-likeness (QED) is 0.161. The molecule has 8 rings (SSSR count). The third-order valence-corrected chi connectivity index (χ3v) is 19.0. The van der Waals surface area contributed by atoms with Crippen molar-refractivity contribution in [2.45, 2.75) is 39.7 Å². The van der Waals surface area contributed by atoms with Gasteiger partial charge in [-0.25, -0.2) is 0 Å². The number of thiophene rings is 2. The molecule has 0 fully saturated rings. The highest BCUT2D eigenvalue weighted by atomic mass is 32.1. The molecule has 0 spiro atoms. The van der Waals surface area contributed by atoms with Crippen molar-refractivity contribution in [3.05, 3.63) is 172 Å². The molecule has 0 unspecified atom stereocenters. The highest BCUT2D eigenvalue weighted by Crippen LogP contribution is 2.65. The minimum atomic E-state index is -2.85. The first-order valence-corrected chi connectivity index (χ1v) is 20.1. The lowest BCUT2D eigenvalue weighted by Gasteiger charge is -2.45. The normalized spacial score (nSPS) is 14.9. The van der Waals surface area contributed by atoms with Crippen molar-refractivity contribution in [3.8, 4) is 0 Å². The molecule has 0 nitrogen and oxygen atoms in total. The van der Waals surface area contributed by atoms with Gasteiger partial charge in [0, 0.05) is 19.2 Å². The van der Waals surface area contributed by atoms with Gasteiger partial charge in [-0.2, -0.15) is 0 Å². The summed E-state index contributed by atoms with van der Waals surface area (Å²) in [6.45, 7) is 12.3. The Labute approximate surface area is 287 Å². The average Bonchev–Trinajstić information content (AvgIpc) is 3.73. The van der Waals surface area contributed by atoms with Gasteiger partial charge in [0.2, 0.25) is 0 Å². The Morgan fingerprint density at radius 2 is 0.809 bits per heavy atom. The molecule has 3 heteroatoms. The summed E-state index contributed by atoms with van der Waals surface area (Å²) in [5, 5.41) is 7.26. The Balaban J connectivity index is 1.67. The Morgan fingerprint density at radius 1 is 0.447 bits per heavy atom. The number of aryl methyl sites for hydroxylation is 2. The maximum atomic E-state index is 2.52. The van der Waals surface area contributed by atoms with Gasteiger partial charge in [-0.3, -0.25) is 0 Å². The van der Waals surface area contributed by atoms with Gasteiger partial charge in [-0.05, 0) is 90.8 Å². The highest BCUT2D eigenvalue weighted by Gasteiger charge is 2.59. The van der Waals surface area contributed by atoms with Gasteiger partial charge in [0.1, 0.15) is 0 Å². The molecule has 0 bridgehead atoms. The lowest BCUT2D eigenvalue weighted by atomic mass is 9.90. The van der Waals surface area contributed by atoms with Crippen LogP contribution < -0.4 is 5.19 Å². The number of rotatable bonds is 5. The van der Waals surface area contributed by atoms with Crippen LogP contribution in [0.1, 0.15) is 52.8 Å². The van der Waals surface area contributed by atoms with Crippen molar-refractivity contribution in [2.75, 3.05) is 0 Å². The van der Waals surface area contributed by atoms with E-state index in [4.69, 9.17) is 0 Å². The van der Waals surface area contributed by atoms with E-state index in [1.807, 2.05) is 22.7 Å². The molecule has 0 saturated carbocycles. The predicted molar refractivity (Wildman–Crippen MR) is 211 cm³/mol. The molecule has 0 radical (unpaired) electrons.